The summed E-state index contributed by atoms with van der Waals surface area (Å²) in [7, 11) is 1.34. The Morgan fingerprint density at radius 1 is 0.900 bits per heavy atom. The highest BCUT2D eigenvalue weighted by molar-refractivity contribution is 5.95. The number of nitrogens with one attached hydrogen (secondary N) is 1. The van der Waals surface area contributed by atoms with Crippen LogP contribution in [-0.2, 0) is 17.8 Å². The van der Waals surface area contributed by atoms with Crippen LogP contribution in [0.2, 0.25) is 0 Å². The average Bonchev–Trinajstić information content (AvgIpc) is 3.23. The first-order chi connectivity index (χ1) is 14.6. The summed E-state index contributed by atoms with van der Waals surface area (Å²) in [4.78, 5) is 26.0. The van der Waals surface area contributed by atoms with Gasteiger partial charge in [0.15, 0.2) is 0 Å². The number of hydrogen-bond donors (Lipinski definition) is 1. The summed E-state index contributed by atoms with van der Waals surface area (Å²) in [6.07, 6.45) is 1.52. The fourth-order valence-electron chi connectivity index (χ4n) is 3.39. The minimum Gasteiger partial charge on any atom is -0.465 e. The van der Waals surface area contributed by atoms with E-state index in [1.807, 2.05) is 12.1 Å². The Balaban J connectivity index is 1.34. The summed E-state index contributed by atoms with van der Waals surface area (Å²) >= 11 is 0. The van der Waals surface area contributed by atoms with Gasteiger partial charge in [-0.25, -0.2) is 10.2 Å². The van der Waals surface area contributed by atoms with Crippen molar-refractivity contribution in [3.63, 3.8) is 0 Å². The van der Waals surface area contributed by atoms with Crippen LogP contribution < -0.4 is 10.3 Å². The maximum atomic E-state index is 12.3. The first-order valence-corrected chi connectivity index (χ1v) is 9.57. The zero-order valence-corrected chi connectivity index (χ0v) is 16.5. The summed E-state index contributed by atoms with van der Waals surface area (Å²) < 4.78 is 4.66. The van der Waals surface area contributed by atoms with Gasteiger partial charge in [-0.3, -0.25) is 4.79 Å². The monoisotopic (exact) mass is 399 g/mol. The molecule has 0 aliphatic carbocycles. The fourth-order valence-corrected chi connectivity index (χ4v) is 3.39. The van der Waals surface area contributed by atoms with Crippen LogP contribution in [0.25, 0.3) is 0 Å². The van der Waals surface area contributed by atoms with Crippen molar-refractivity contribution in [3.8, 4) is 0 Å². The number of hydrazone groups is 1. The summed E-state index contributed by atoms with van der Waals surface area (Å²) in [6.45, 7) is 1.75. The van der Waals surface area contributed by atoms with Crippen LogP contribution in [0.4, 0.5) is 5.69 Å². The molecule has 0 saturated heterocycles. The zero-order chi connectivity index (χ0) is 20.9. The predicted octanol–water partition coefficient (Wildman–Crippen LogP) is 3.76. The van der Waals surface area contributed by atoms with Gasteiger partial charge < -0.3 is 9.64 Å². The molecule has 150 valence electrons. The van der Waals surface area contributed by atoms with Gasteiger partial charge in [-0.2, -0.15) is 5.10 Å². The lowest BCUT2D eigenvalue weighted by molar-refractivity contribution is 0.0600. The van der Waals surface area contributed by atoms with Crippen molar-refractivity contribution in [2.75, 3.05) is 12.0 Å². The second-order valence-electron chi connectivity index (χ2n) is 6.98. The molecule has 0 saturated carbocycles. The van der Waals surface area contributed by atoms with Crippen molar-refractivity contribution in [1.82, 2.24) is 5.43 Å². The molecule has 4 rings (SSSR count). The highest BCUT2D eigenvalue weighted by atomic mass is 16.5. The second kappa shape index (κ2) is 8.61. The van der Waals surface area contributed by atoms with Gasteiger partial charge in [-0.1, -0.05) is 36.4 Å². The molecule has 0 unspecified atom stereocenters. The molecule has 3 aromatic carbocycles. The maximum absolute atomic E-state index is 12.3. The standard InChI is InChI=1S/C24H21N3O3/c1-30-24(29)19-8-6-17(7-9-19)14-25-26-23(28)18-10-12-22(13-11-18)27-15-20-4-2-3-5-21(20)16-27/h2-14H,15-16H2,1H3,(H,26,28)/b25-14-. The van der Waals surface area contributed by atoms with Crippen molar-refractivity contribution in [3.05, 3.63) is 101 Å². The number of rotatable bonds is 5. The smallest absolute Gasteiger partial charge is 0.337 e. The Morgan fingerprint density at radius 2 is 1.50 bits per heavy atom. The minimum atomic E-state index is -0.395. The summed E-state index contributed by atoms with van der Waals surface area (Å²) in [5.74, 6) is -0.679. The lowest BCUT2D eigenvalue weighted by Crippen LogP contribution is -2.18. The molecule has 1 aliphatic rings. The molecule has 6 nitrogen and oxygen atoms in total. The molecular weight excluding hydrogens is 378 g/mol. The molecule has 6 heteroatoms. The van der Waals surface area contributed by atoms with Crippen molar-refractivity contribution >= 4 is 23.8 Å². The minimum absolute atomic E-state index is 0.284. The summed E-state index contributed by atoms with van der Waals surface area (Å²) in [5, 5.41) is 3.99. The number of nitrogens with zero attached hydrogens (tertiary/aromatic N) is 2. The van der Waals surface area contributed by atoms with E-state index in [0.29, 0.717) is 11.1 Å². The third-order valence-electron chi connectivity index (χ3n) is 5.05. The van der Waals surface area contributed by atoms with Crippen LogP contribution in [0.3, 0.4) is 0 Å². The fraction of sp³-hybridized carbons (Fsp3) is 0.125. The normalized spacial score (nSPS) is 12.6. The molecule has 0 atom stereocenters. The first-order valence-electron chi connectivity index (χ1n) is 9.57. The van der Waals surface area contributed by atoms with Gasteiger partial charge in [-0.15, -0.1) is 0 Å². The summed E-state index contributed by atoms with van der Waals surface area (Å²) in [6, 6.07) is 22.7. The number of methoxy groups -OCH3 is 1. The number of amides is 1. The Morgan fingerprint density at radius 3 is 2.10 bits per heavy atom. The molecule has 0 bridgehead atoms. The van der Waals surface area contributed by atoms with E-state index in [2.05, 4.69) is 44.4 Å². The van der Waals surface area contributed by atoms with Crippen LogP contribution >= 0.6 is 0 Å². The maximum Gasteiger partial charge on any atom is 0.337 e. The highest BCUT2D eigenvalue weighted by Crippen LogP contribution is 2.28. The van der Waals surface area contributed by atoms with Gasteiger partial charge in [-0.05, 0) is 53.1 Å². The highest BCUT2D eigenvalue weighted by Gasteiger charge is 2.18. The number of hydrogen-bond acceptors (Lipinski definition) is 5. The van der Waals surface area contributed by atoms with E-state index >= 15 is 0 Å². The lowest BCUT2D eigenvalue weighted by atomic mass is 10.1. The third kappa shape index (κ3) is 4.22. The van der Waals surface area contributed by atoms with Gasteiger partial charge in [0.05, 0.1) is 18.9 Å². The van der Waals surface area contributed by atoms with E-state index in [1.165, 1.54) is 24.5 Å². The molecule has 0 radical (unpaired) electrons. The van der Waals surface area contributed by atoms with Crippen LogP contribution in [-0.4, -0.2) is 25.2 Å². The van der Waals surface area contributed by atoms with Gasteiger partial charge in [0.2, 0.25) is 0 Å². The molecular formula is C24H21N3O3. The molecule has 0 fully saturated rings. The largest absolute Gasteiger partial charge is 0.465 e. The van der Waals surface area contributed by atoms with E-state index in [4.69, 9.17) is 0 Å². The third-order valence-corrected chi connectivity index (χ3v) is 5.05. The number of carbonyl (C=O) groups is 2. The number of esters is 1. The quantitative estimate of drug-likeness (QED) is 0.403. The Kier molecular flexibility index (Phi) is 5.57. The molecule has 3 aromatic rings. The van der Waals surface area contributed by atoms with Crippen LogP contribution in [0.5, 0.6) is 0 Å². The summed E-state index contributed by atoms with van der Waals surface area (Å²) in [5.41, 5.74) is 8.04. The molecule has 1 heterocycles. The van der Waals surface area contributed by atoms with Crippen molar-refractivity contribution in [2.45, 2.75) is 13.1 Å². The Labute approximate surface area is 174 Å². The topological polar surface area (TPSA) is 71.0 Å². The molecule has 1 amide bonds. The Hall–Kier alpha value is -3.93. The molecule has 1 N–H and O–H groups in total. The van der Waals surface area contributed by atoms with Crippen LogP contribution in [0.15, 0.2) is 77.9 Å². The van der Waals surface area contributed by atoms with Gasteiger partial charge in [0.25, 0.3) is 5.91 Å². The zero-order valence-electron chi connectivity index (χ0n) is 16.5. The second-order valence-corrected chi connectivity index (χ2v) is 6.98. The van der Waals surface area contributed by atoms with Gasteiger partial charge >= 0.3 is 5.97 Å². The van der Waals surface area contributed by atoms with Crippen molar-refractivity contribution in [1.29, 1.82) is 0 Å². The van der Waals surface area contributed by atoms with Gasteiger partial charge in [0.1, 0.15) is 0 Å². The number of fused-ring (bicyclic) bond motifs is 1. The van der Waals surface area contributed by atoms with Crippen molar-refractivity contribution in [2.24, 2.45) is 5.10 Å². The number of anilines is 1. The Bertz CT molecular complexity index is 1060. The van der Waals surface area contributed by atoms with Crippen molar-refractivity contribution < 1.29 is 14.3 Å². The predicted molar refractivity (Wildman–Crippen MR) is 116 cm³/mol. The molecule has 0 spiro atoms. The van der Waals surface area contributed by atoms with E-state index in [1.54, 1.807) is 36.4 Å². The molecule has 0 aromatic heterocycles. The molecule has 30 heavy (non-hydrogen) atoms. The number of carbonyl (C=O) groups excluding carboxylic acids is 2. The van der Waals surface area contributed by atoms with Gasteiger partial charge in [0, 0.05) is 24.3 Å². The van der Waals surface area contributed by atoms with E-state index < -0.39 is 5.97 Å². The average molecular weight is 399 g/mol. The SMILES string of the molecule is COC(=O)c1ccc(/C=N\NC(=O)c2ccc(N3Cc4ccccc4C3)cc2)cc1. The first kappa shape index (κ1) is 19.4. The lowest BCUT2D eigenvalue weighted by Gasteiger charge is -2.17. The number of benzene rings is 3. The van der Waals surface area contributed by atoms with Crippen LogP contribution in [0.1, 0.15) is 37.4 Å². The number of ether oxygens (including phenoxy) is 1. The van der Waals surface area contributed by atoms with E-state index in [-0.39, 0.29) is 5.91 Å². The van der Waals surface area contributed by atoms with Crippen LogP contribution in [0, 0.1) is 0 Å². The molecule has 1 aliphatic heterocycles. The van der Waals surface area contributed by atoms with E-state index in [9.17, 15) is 9.59 Å². The van der Waals surface area contributed by atoms with E-state index in [0.717, 1.165) is 24.3 Å².